The molecule has 1 saturated heterocycles. The molecule has 0 aliphatic carbocycles. The number of rotatable bonds is 3. The Labute approximate surface area is 109 Å². The maximum Gasteiger partial charge on any atom is 0.253 e. The van der Waals surface area contributed by atoms with E-state index in [1.807, 2.05) is 0 Å². The lowest BCUT2D eigenvalue weighted by atomic mass is 10.2. The lowest BCUT2D eigenvalue weighted by Gasteiger charge is -2.31. The van der Waals surface area contributed by atoms with E-state index in [0.717, 1.165) is 15.6 Å². The van der Waals surface area contributed by atoms with Gasteiger partial charge in [-0.05, 0) is 17.9 Å². The third-order valence-electron chi connectivity index (χ3n) is 2.66. The molecule has 0 spiro atoms. The minimum Gasteiger partial charge on any atom is -0.294 e. The van der Waals surface area contributed by atoms with Gasteiger partial charge in [-0.15, -0.1) is 11.3 Å². The van der Waals surface area contributed by atoms with E-state index in [0.29, 0.717) is 6.42 Å². The number of hydrogen-bond acceptors (Lipinski definition) is 5. The molecule has 1 aliphatic heterocycles. The Morgan fingerprint density at radius 1 is 1.50 bits per heavy atom. The van der Waals surface area contributed by atoms with Crippen LogP contribution in [0.2, 0.25) is 0 Å². The highest BCUT2D eigenvalue weighted by Crippen LogP contribution is 2.24. The topological polar surface area (TPSA) is 83.6 Å². The zero-order valence-corrected chi connectivity index (χ0v) is 11.3. The quantitative estimate of drug-likeness (QED) is 0.804. The molecule has 1 aromatic heterocycles. The van der Waals surface area contributed by atoms with Gasteiger partial charge in [0.2, 0.25) is 11.8 Å². The largest absolute Gasteiger partial charge is 0.294 e. The summed E-state index contributed by atoms with van der Waals surface area (Å²) < 4.78 is 25.7. The summed E-state index contributed by atoms with van der Waals surface area (Å²) in [4.78, 5) is 23.0. The smallest absolute Gasteiger partial charge is 0.253 e. The van der Waals surface area contributed by atoms with E-state index < -0.39 is 27.9 Å². The van der Waals surface area contributed by atoms with E-state index in [1.165, 1.54) is 6.07 Å². The number of piperazine rings is 1. The fourth-order valence-electron chi connectivity index (χ4n) is 1.81. The minimum atomic E-state index is -3.78. The molecule has 98 valence electrons. The van der Waals surface area contributed by atoms with Gasteiger partial charge in [0.1, 0.15) is 10.3 Å². The van der Waals surface area contributed by atoms with Crippen LogP contribution in [0.15, 0.2) is 21.7 Å². The monoisotopic (exact) mass is 288 g/mol. The second-order valence-electron chi connectivity index (χ2n) is 3.82. The molecule has 2 rings (SSSR count). The minimum absolute atomic E-state index is 0.142. The molecular formula is C10H12N2O4S2. The molecule has 0 radical (unpaired) electrons. The number of carbonyl (C=O) groups is 2. The van der Waals surface area contributed by atoms with Gasteiger partial charge in [-0.2, -0.15) is 4.31 Å². The Kier molecular flexibility index (Phi) is 3.51. The summed E-state index contributed by atoms with van der Waals surface area (Å²) in [6.45, 7) is 1.39. The van der Waals surface area contributed by atoms with Gasteiger partial charge in [0.05, 0.1) is 6.54 Å². The van der Waals surface area contributed by atoms with Crippen molar-refractivity contribution in [3.8, 4) is 0 Å². The average molecular weight is 288 g/mol. The molecule has 1 N–H and O–H groups in total. The summed E-state index contributed by atoms with van der Waals surface area (Å²) in [7, 11) is -3.78. The van der Waals surface area contributed by atoms with Crippen molar-refractivity contribution in [1.82, 2.24) is 9.62 Å². The number of thiophene rings is 1. The summed E-state index contributed by atoms with van der Waals surface area (Å²) in [6, 6.07) is 2.25. The van der Waals surface area contributed by atoms with E-state index in [2.05, 4.69) is 5.32 Å². The molecular weight excluding hydrogens is 276 g/mol. The predicted octanol–water partition coefficient (Wildman–Crippen LogP) is 0.174. The van der Waals surface area contributed by atoms with Crippen LogP contribution in [0, 0.1) is 0 Å². The van der Waals surface area contributed by atoms with Gasteiger partial charge in [0.25, 0.3) is 10.0 Å². The van der Waals surface area contributed by atoms with Crippen LogP contribution in [0.25, 0.3) is 0 Å². The lowest BCUT2D eigenvalue weighted by molar-refractivity contribution is -0.137. The molecule has 1 atom stereocenters. The molecule has 0 saturated carbocycles. The molecule has 8 heteroatoms. The van der Waals surface area contributed by atoms with Crippen LogP contribution >= 0.6 is 11.3 Å². The van der Waals surface area contributed by atoms with E-state index >= 15 is 0 Å². The van der Waals surface area contributed by atoms with Crippen molar-refractivity contribution in [2.75, 3.05) is 6.54 Å². The average Bonchev–Trinajstić information content (AvgIpc) is 2.82. The first-order chi connectivity index (χ1) is 8.46. The highest BCUT2D eigenvalue weighted by atomic mass is 32.2. The predicted molar refractivity (Wildman–Crippen MR) is 65.4 cm³/mol. The fraction of sp³-hybridized carbons (Fsp3) is 0.400. The molecule has 18 heavy (non-hydrogen) atoms. The van der Waals surface area contributed by atoms with Crippen molar-refractivity contribution in [3.05, 3.63) is 17.5 Å². The van der Waals surface area contributed by atoms with Crippen molar-refractivity contribution in [1.29, 1.82) is 0 Å². The molecule has 1 aromatic rings. The molecule has 2 amide bonds. The lowest BCUT2D eigenvalue weighted by Crippen LogP contribution is -2.59. The van der Waals surface area contributed by atoms with Gasteiger partial charge < -0.3 is 0 Å². The van der Waals surface area contributed by atoms with Gasteiger partial charge in [0.15, 0.2) is 0 Å². The Hall–Kier alpha value is -1.25. The summed E-state index contributed by atoms with van der Waals surface area (Å²) in [5.74, 6) is -1.15. The Morgan fingerprint density at radius 3 is 2.78 bits per heavy atom. The summed E-state index contributed by atoms with van der Waals surface area (Å²) in [5.41, 5.74) is 0. The van der Waals surface area contributed by atoms with Gasteiger partial charge in [-0.25, -0.2) is 8.42 Å². The number of nitrogens with one attached hydrogen (secondary N) is 1. The summed E-state index contributed by atoms with van der Waals surface area (Å²) >= 11 is 1.07. The van der Waals surface area contributed by atoms with E-state index in [-0.39, 0.29) is 10.8 Å². The van der Waals surface area contributed by atoms with Crippen LogP contribution in [0.5, 0.6) is 0 Å². The van der Waals surface area contributed by atoms with Gasteiger partial charge in [-0.1, -0.05) is 13.0 Å². The molecule has 0 aromatic carbocycles. The Morgan fingerprint density at radius 2 is 2.22 bits per heavy atom. The maximum absolute atomic E-state index is 12.3. The Balaban J connectivity index is 2.41. The summed E-state index contributed by atoms with van der Waals surface area (Å²) in [6.07, 6.45) is 0.323. The van der Waals surface area contributed by atoms with Crippen molar-refractivity contribution in [2.24, 2.45) is 0 Å². The van der Waals surface area contributed by atoms with Crippen LogP contribution < -0.4 is 5.32 Å². The Bertz CT molecular complexity index is 565. The second-order valence-corrected chi connectivity index (χ2v) is 6.88. The standard InChI is InChI=1S/C10H12N2O4S2/c1-2-7-10(14)11-8(13)6-12(7)18(15,16)9-4-3-5-17-9/h3-5,7H,2,6H2,1H3,(H,11,13,14). The van der Waals surface area contributed by atoms with Crippen molar-refractivity contribution in [3.63, 3.8) is 0 Å². The fourth-order valence-corrected chi connectivity index (χ4v) is 4.55. The number of amides is 2. The first-order valence-electron chi connectivity index (χ1n) is 5.36. The molecule has 1 aliphatic rings. The van der Waals surface area contributed by atoms with Gasteiger partial charge >= 0.3 is 0 Å². The number of sulfonamides is 1. The van der Waals surface area contributed by atoms with Crippen molar-refractivity contribution < 1.29 is 18.0 Å². The van der Waals surface area contributed by atoms with Crippen LogP contribution in [0.4, 0.5) is 0 Å². The van der Waals surface area contributed by atoms with E-state index in [4.69, 9.17) is 0 Å². The molecule has 1 unspecified atom stereocenters. The summed E-state index contributed by atoms with van der Waals surface area (Å²) in [5, 5.41) is 3.79. The van der Waals surface area contributed by atoms with Gasteiger partial charge in [-0.3, -0.25) is 14.9 Å². The first kappa shape index (κ1) is 13.2. The van der Waals surface area contributed by atoms with Gasteiger partial charge in [0, 0.05) is 0 Å². The highest BCUT2D eigenvalue weighted by molar-refractivity contribution is 7.91. The SMILES string of the molecule is CCC1C(=O)NC(=O)CN1S(=O)(=O)c1cccs1. The van der Waals surface area contributed by atoms with Crippen LogP contribution in [-0.2, 0) is 19.6 Å². The van der Waals surface area contributed by atoms with E-state index in [1.54, 1.807) is 18.4 Å². The third-order valence-corrected chi connectivity index (χ3v) is 5.88. The third kappa shape index (κ3) is 2.18. The normalized spacial score (nSPS) is 21.9. The van der Waals surface area contributed by atoms with Crippen molar-refractivity contribution >= 4 is 33.2 Å². The van der Waals surface area contributed by atoms with E-state index in [9.17, 15) is 18.0 Å². The maximum atomic E-state index is 12.3. The number of imide groups is 1. The molecule has 6 nitrogen and oxygen atoms in total. The first-order valence-corrected chi connectivity index (χ1v) is 7.68. The number of carbonyl (C=O) groups excluding carboxylic acids is 2. The molecule has 0 bridgehead atoms. The second kappa shape index (κ2) is 4.79. The van der Waals surface area contributed by atoms with Crippen LogP contribution in [0.3, 0.4) is 0 Å². The number of hydrogen-bond donors (Lipinski definition) is 1. The zero-order chi connectivity index (χ0) is 13.3. The molecule has 1 fully saturated rings. The molecule has 2 heterocycles. The van der Waals surface area contributed by atoms with Crippen LogP contribution in [0.1, 0.15) is 13.3 Å². The number of nitrogens with zero attached hydrogens (tertiary/aromatic N) is 1. The zero-order valence-electron chi connectivity index (χ0n) is 9.62. The van der Waals surface area contributed by atoms with Crippen LogP contribution in [-0.4, -0.2) is 37.1 Å². The van der Waals surface area contributed by atoms with Crippen molar-refractivity contribution in [2.45, 2.75) is 23.6 Å². The highest BCUT2D eigenvalue weighted by Gasteiger charge is 2.40.